The second-order valence-electron chi connectivity index (χ2n) is 5.39. The third-order valence-electron chi connectivity index (χ3n) is 3.02. The van der Waals surface area contributed by atoms with Crippen LogP contribution >= 0.6 is 0 Å². The predicted molar refractivity (Wildman–Crippen MR) is 76.7 cm³/mol. The number of hydrogen-bond donors (Lipinski definition) is 1. The molecule has 6 heteroatoms. The first-order valence-electron chi connectivity index (χ1n) is 6.49. The summed E-state index contributed by atoms with van der Waals surface area (Å²) in [5, 5.41) is 2.91. The summed E-state index contributed by atoms with van der Waals surface area (Å²) < 4.78 is 0. The fourth-order valence-electron chi connectivity index (χ4n) is 1.79. The van der Waals surface area contributed by atoms with Gasteiger partial charge in [-0.3, -0.25) is 4.79 Å². The summed E-state index contributed by atoms with van der Waals surface area (Å²) in [6, 6.07) is 0. The fraction of sp³-hybridized carbons (Fsp3) is 0.615. The second-order valence-corrected chi connectivity index (χ2v) is 5.39. The highest BCUT2D eigenvalue weighted by Gasteiger charge is 2.25. The van der Waals surface area contributed by atoms with Gasteiger partial charge in [0.15, 0.2) is 5.82 Å². The van der Waals surface area contributed by atoms with Gasteiger partial charge in [-0.2, -0.15) is 4.98 Å². The quantitative estimate of drug-likeness (QED) is 0.869. The van der Waals surface area contributed by atoms with Gasteiger partial charge in [-0.05, 0) is 18.8 Å². The molecular formula is C13H21N5O. The van der Waals surface area contributed by atoms with Gasteiger partial charge in [0.1, 0.15) is 5.69 Å². The van der Waals surface area contributed by atoms with Crippen LogP contribution in [0.4, 0.5) is 17.5 Å². The maximum atomic E-state index is 11.9. The Balaban J connectivity index is 2.15. The summed E-state index contributed by atoms with van der Waals surface area (Å²) in [6.45, 7) is 0. The molecular weight excluding hydrogens is 242 g/mol. The van der Waals surface area contributed by atoms with E-state index in [4.69, 9.17) is 0 Å². The Morgan fingerprint density at radius 2 is 2.00 bits per heavy atom. The number of amides is 1. The molecule has 0 radical (unpaired) electrons. The Kier molecular flexibility index (Phi) is 3.87. The van der Waals surface area contributed by atoms with Crippen molar-refractivity contribution in [3.8, 4) is 0 Å². The lowest BCUT2D eigenvalue weighted by atomic mass is 10.3. The van der Waals surface area contributed by atoms with Crippen molar-refractivity contribution in [1.82, 2.24) is 9.97 Å². The number of nitrogens with one attached hydrogen (secondary N) is 1. The molecule has 1 aromatic rings. The van der Waals surface area contributed by atoms with Gasteiger partial charge in [0.05, 0.1) is 6.20 Å². The van der Waals surface area contributed by atoms with E-state index in [0.29, 0.717) is 24.0 Å². The van der Waals surface area contributed by atoms with E-state index >= 15 is 0 Å². The molecule has 2 rings (SSSR count). The third kappa shape index (κ3) is 3.56. The highest BCUT2D eigenvalue weighted by molar-refractivity contribution is 5.93. The van der Waals surface area contributed by atoms with Crippen molar-refractivity contribution in [1.29, 1.82) is 0 Å². The van der Waals surface area contributed by atoms with Gasteiger partial charge in [0, 0.05) is 34.6 Å². The molecule has 0 aliphatic heterocycles. The van der Waals surface area contributed by atoms with Crippen LogP contribution in [0.15, 0.2) is 6.20 Å². The zero-order valence-corrected chi connectivity index (χ0v) is 12.0. The van der Waals surface area contributed by atoms with E-state index in [9.17, 15) is 4.79 Å². The first kappa shape index (κ1) is 13.6. The molecule has 1 heterocycles. The summed E-state index contributed by atoms with van der Waals surface area (Å²) in [6.07, 6.45) is 4.61. The summed E-state index contributed by atoms with van der Waals surface area (Å²) in [5.74, 6) is 1.98. The molecule has 19 heavy (non-hydrogen) atoms. The first-order valence-corrected chi connectivity index (χ1v) is 6.49. The van der Waals surface area contributed by atoms with Crippen LogP contribution in [0.2, 0.25) is 0 Å². The zero-order valence-electron chi connectivity index (χ0n) is 12.0. The number of rotatable bonds is 5. The summed E-state index contributed by atoms with van der Waals surface area (Å²) in [7, 11) is 7.58. The molecule has 6 nitrogen and oxygen atoms in total. The molecule has 0 saturated heterocycles. The van der Waals surface area contributed by atoms with Crippen LogP contribution < -0.4 is 15.1 Å². The maximum absolute atomic E-state index is 11.9. The zero-order chi connectivity index (χ0) is 14.0. The highest BCUT2D eigenvalue weighted by Crippen LogP contribution is 2.33. The fourth-order valence-corrected chi connectivity index (χ4v) is 1.79. The van der Waals surface area contributed by atoms with Crippen molar-refractivity contribution in [3.05, 3.63) is 6.20 Å². The van der Waals surface area contributed by atoms with Crippen LogP contribution in [0.5, 0.6) is 0 Å². The monoisotopic (exact) mass is 263 g/mol. The van der Waals surface area contributed by atoms with E-state index < -0.39 is 0 Å². The molecule has 0 aromatic carbocycles. The van der Waals surface area contributed by atoms with Crippen molar-refractivity contribution >= 4 is 23.4 Å². The first-order chi connectivity index (χ1) is 8.97. The van der Waals surface area contributed by atoms with Crippen LogP contribution in [0.25, 0.3) is 0 Å². The number of carbonyl (C=O) groups excluding carboxylic acids is 1. The van der Waals surface area contributed by atoms with Crippen molar-refractivity contribution in [2.75, 3.05) is 43.3 Å². The second kappa shape index (κ2) is 5.42. The van der Waals surface area contributed by atoms with E-state index in [1.54, 1.807) is 6.20 Å². The topological polar surface area (TPSA) is 61.4 Å². The molecule has 1 saturated carbocycles. The number of hydrogen-bond acceptors (Lipinski definition) is 5. The Morgan fingerprint density at radius 1 is 1.32 bits per heavy atom. The van der Waals surface area contributed by atoms with Crippen molar-refractivity contribution < 1.29 is 4.79 Å². The summed E-state index contributed by atoms with van der Waals surface area (Å²) in [4.78, 5) is 24.3. The molecule has 1 amide bonds. The van der Waals surface area contributed by atoms with Crippen molar-refractivity contribution in [2.45, 2.75) is 19.3 Å². The van der Waals surface area contributed by atoms with Crippen molar-refractivity contribution in [2.24, 2.45) is 5.92 Å². The van der Waals surface area contributed by atoms with E-state index in [2.05, 4.69) is 15.3 Å². The minimum atomic E-state index is 0.0480. The van der Waals surface area contributed by atoms with Crippen LogP contribution in [0, 0.1) is 5.92 Å². The van der Waals surface area contributed by atoms with Gasteiger partial charge in [0.25, 0.3) is 0 Å². The largest absolute Gasteiger partial charge is 0.361 e. The van der Waals surface area contributed by atoms with Gasteiger partial charge in [-0.25, -0.2) is 4.98 Å². The average molecular weight is 263 g/mol. The Bertz CT molecular complexity index is 468. The third-order valence-corrected chi connectivity index (χ3v) is 3.02. The molecule has 1 aromatic heterocycles. The van der Waals surface area contributed by atoms with E-state index in [1.165, 1.54) is 12.8 Å². The standard InChI is InChI=1S/C13H21N5O/c1-17(2)12-10(8-14-13(16-12)18(3)4)15-11(19)7-9-5-6-9/h8-9H,5-7H2,1-4H3,(H,15,19). The van der Waals surface area contributed by atoms with Crippen LogP contribution in [0.1, 0.15) is 19.3 Å². The van der Waals surface area contributed by atoms with Gasteiger partial charge in [-0.1, -0.05) is 0 Å². The molecule has 1 fully saturated rings. The molecule has 104 valence electrons. The van der Waals surface area contributed by atoms with Gasteiger partial charge in [0.2, 0.25) is 11.9 Å². The summed E-state index contributed by atoms with van der Waals surface area (Å²) in [5.41, 5.74) is 0.668. The smallest absolute Gasteiger partial charge is 0.226 e. The molecule has 0 bridgehead atoms. The maximum Gasteiger partial charge on any atom is 0.226 e. The van der Waals surface area contributed by atoms with Crippen molar-refractivity contribution in [3.63, 3.8) is 0 Å². The van der Waals surface area contributed by atoms with Gasteiger partial charge < -0.3 is 15.1 Å². The molecule has 1 N–H and O–H groups in total. The molecule has 1 aliphatic rings. The van der Waals surface area contributed by atoms with Gasteiger partial charge >= 0.3 is 0 Å². The number of nitrogens with zero attached hydrogens (tertiary/aromatic N) is 4. The normalized spacial score (nSPS) is 14.1. The van der Waals surface area contributed by atoms with Crippen LogP contribution in [-0.4, -0.2) is 44.1 Å². The predicted octanol–water partition coefficient (Wildman–Crippen LogP) is 1.35. The lowest BCUT2D eigenvalue weighted by Crippen LogP contribution is -2.21. The van der Waals surface area contributed by atoms with E-state index in [-0.39, 0.29) is 5.91 Å². The highest BCUT2D eigenvalue weighted by atomic mass is 16.1. The minimum Gasteiger partial charge on any atom is -0.361 e. The van der Waals surface area contributed by atoms with Crippen LogP contribution in [0.3, 0.4) is 0 Å². The van der Waals surface area contributed by atoms with E-state index in [1.807, 2.05) is 38.0 Å². The minimum absolute atomic E-state index is 0.0480. The van der Waals surface area contributed by atoms with Gasteiger partial charge in [-0.15, -0.1) is 0 Å². The summed E-state index contributed by atoms with van der Waals surface area (Å²) >= 11 is 0. The Hall–Kier alpha value is -1.85. The lowest BCUT2D eigenvalue weighted by molar-refractivity contribution is -0.116. The number of anilines is 3. The van der Waals surface area contributed by atoms with Crippen LogP contribution in [-0.2, 0) is 4.79 Å². The lowest BCUT2D eigenvalue weighted by Gasteiger charge is -2.19. The number of carbonyl (C=O) groups is 1. The number of aromatic nitrogens is 2. The van der Waals surface area contributed by atoms with E-state index in [0.717, 1.165) is 5.82 Å². The molecule has 0 unspecified atom stereocenters. The molecule has 1 aliphatic carbocycles. The average Bonchev–Trinajstić information content (AvgIpc) is 3.12. The Morgan fingerprint density at radius 3 is 2.53 bits per heavy atom. The Labute approximate surface area is 113 Å². The molecule has 0 atom stereocenters. The molecule has 0 spiro atoms. The SMILES string of the molecule is CN(C)c1ncc(NC(=O)CC2CC2)c(N(C)C)n1.